The van der Waals surface area contributed by atoms with Crippen LogP contribution >= 0.6 is 11.6 Å². The fourth-order valence-corrected chi connectivity index (χ4v) is 4.47. The predicted octanol–water partition coefficient (Wildman–Crippen LogP) is 4.07. The van der Waals surface area contributed by atoms with Gasteiger partial charge >= 0.3 is 11.9 Å². The monoisotopic (exact) mass is 498 g/mol. The van der Waals surface area contributed by atoms with E-state index in [1.54, 1.807) is 13.8 Å². The number of aromatic hydroxyl groups is 1. The molecule has 1 amide bonds. The maximum absolute atomic E-state index is 12.9. The van der Waals surface area contributed by atoms with Gasteiger partial charge in [-0.15, -0.1) is 0 Å². The Bertz CT molecular complexity index is 1110. The Morgan fingerprint density at radius 3 is 2.48 bits per heavy atom. The van der Waals surface area contributed by atoms with Crippen molar-refractivity contribution < 1.29 is 32.6 Å². The van der Waals surface area contributed by atoms with Gasteiger partial charge in [0.25, 0.3) is 0 Å². The van der Waals surface area contributed by atoms with Crippen molar-refractivity contribution in [1.82, 2.24) is 4.31 Å². The molecule has 9 nitrogen and oxygen atoms in total. The second-order valence-corrected chi connectivity index (χ2v) is 9.61. The van der Waals surface area contributed by atoms with Gasteiger partial charge in [-0.2, -0.15) is 0 Å². The zero-order valence-electron chi connectivity index (χ0n) is 18.8. The summed E-state index contributed by atoms with van der Waals surface area (Å²) in [5, 5.41) is 12.7. The molecule has 0 bridgehead atoms. The number of nitrogens with one attached hydrogen (secondary N) is 1. The van der Waals surface area contributed by atoms with Crippen molar-refractivity contribution in [3.05, 3.63) is 40.9 Å². The van der Waals surface area contributed by atoms with Crippen LogP contribution < -0.4 is 10.1 Å². The average molecular weight is 499 g/mol. The highest BCUT2D eigenvalue weighted by Gasteiger charge is 2.25. The summed E-state index contributed by atoms with van der Waals surface area (Å²) in [6, 6.07) is 6.78. The highest BCUT2D eigenvalue weighted by molar-refractivity contribution is 7.89. The number of ether oxygens (including phenoxy) is 2. The molecule has 0 aliphatic heterocycles. The van der Waals surface area contributed by atoms with Crippen LogP contribution in [0.5, 0.6) is 17.2 Å². The molecule has 0 aliphatic carbocycles. The Kier molecular flexibility index (Phi) is 9.09. The maximum Gasteiger partial charge on any atom is 0.397 e. The van der Waals surface area contributed by atoms with E-state index in [2.05, 4.69) is 10.1 Å². The number of carbonyl (C=O) groups is 2. The van der Waals surface area contributed by atoms with E-state index in [1.807, 2.05) is 6.92 Å². The number of nitrogens with zero attached hydrogens (tertiary/aromatic N) is 1. The number of anilines is 1. The quantitative estimate of drug-likeness (QED) is 0.394. The van der Waals surface area contributed by atoms with Crippen LogP contribution in [0.1, 0.15) is 32.3 Å². The third-order valence-corrected chi connectivity index (χ3v) is 6.78. The number of esters is 1. The maximum atomic E-state index is 12.9. The van der Waals surface area contributed by atoms with Gasteiger partial charge in [0, 0.05) is 25.3 Å². The van der Waals surface area contributed by atoms with Gasteiger partial charge in [0.1, 0.15) is 22.1 Å². The van der Waals surface area contributed by atoms with Crippen molar-refractivity contribution in [3.63, 3.8) is 0 Å². The Hall–Kier alpha value is -2.82. The lowest BCUT2D eigenvalue weighted by molar-refractivity contribution is -0.152. The minimum absolute atomic E-state index is 0.0670. The molecule has 0 heterocycles. The fraction of sp³-hybridized carbons (Fsp3) is 0.364. The van der Waals surface area contributed by atoms with Crippen LogP contribution in [0.2, 0.25) is 5.02 Å². The van der Waals surface area contributed by atoms with E-state index < -0.39 is 27.6 Å². The number of sulfonamides is 1. The molecule has 2 aromatic rings. The number of rotatable bonds is 9. The molecule has 0 saturated carbocycles. The lowest BCUT2D eigenvalue weighted by Crippen LogP contribution is -2.28. The molecular weight excluding hydrogens is 472 g/mol. The van der Waals surface area contributed by atoms with E-state index in [-0.39, 0.29) is 33.7 Å². The molecular formula is C22H27ClN2O7S. The Morgan fingerprint density at radius 2 is 1.88 bits per heavy atom. The van der Waals surface area contributed by atoms with Crippen LogP contribution in [0.4, 0.5) is 5.69 Å². The number of aryl methyl sites for hydroxylation is 1. The predicted molar refractivity (Wildman–Crippen MR) is 124 cm³/mol. The van der Waals surface area contributed by atoms with Crippen molar-refractivity contribution in [2.75, 3.05) is 25.5 Å². The molecule has 0 radical (unpaired) electrons. The summed E-state index contributed by atoms with van der Waals surface area (Å²) >= 11 is 6.31. The minimum Gasteiger partial charge on any atom is -0.507 e. The summed E-state index contributed by atoms with van der Waals surface area (Å²) < 4.78 is 37.3. The molecule has 2 aromatic carbocycles. The van der Waals surface area contributed by atoms with Crippen LogP contribution in [0.3, 0.4) is 0 Å². The number of unbranched alkanes of at least 4 members (excludes halogenated alkanes) is 1. The molecule has 11 heteroatoms. The summed E-state index contributed by atoms with van der Waals surface area (Å²) in [4.78, 5) is 23.1. The zero-order chi connectivity index (χ0) is 24.8. The van der Waals surface area contributed by atoms with Gasteiger partial charge in [-0.1, -0.05) is 24.9 Å². The Balaban J connectivity index is 2.30. The molecule has 2 rings (SSSR count). The highest BCUT2D eigenvalue weighted by Crippen LogP contribution is 2.37. The summed E-state index contributed by atoms with van der Waals surface area (Å²) in [5.41, 5.74) is 0.772. The molecule has 0 aromatic heterocycles. The zero-order valence-corrected chi connectivity index (χ0v) is 20.4. The molecule has 0 spiro atoms. The Morgan fingerprint density at radius 1 is 1.18 bits per heavy atom. The largest absolute Gasteiger partial charge is 0.507 e. The highest BCUT2D eigenvalue weighted by atomic mass is 35.5. The van der Waals surface area contributed by atoms with Gasteiger partial charge < -0.3 is 19.9 Å². The molecule has 0 unspecified atom stereocenters. The lowest BCUT2D eigenvalue weighted by Gasteiger charge is -2.18. The Labute approximate surface area is 198 Å². The van der Waals surface area contributed by atoms with Crippen molar-refractivity contribution in [2.24, 2.45) is 0 Å². The first-order valence-electron chi connectivity index (χ1n) is 10.3. The number of carbonyl (C=O) groups excluding carboxylic acids is 2. The molecule has 33 heavy (non-hydrogen) atoms. The van der Waals surface area contributed by atoms with Crippen LogP contribution in [0.15, 0.2) is 35.2 Å². The van der Waals surface area contributed by atoms with Gasteiger partial charge in [-0.05, 0) is 50.1 Å². The average Bonchev–Trinajstić information content (AvgIpc) is 2.75. The van der Waals surface area contributed by atoms with Gasteiger partial charge in [0.05, 0.1) is 11.6 Å². The van der Waals surface area contributed by atoms with E-state index >= 15 is 0 Å². The second-order valence-electron chi connectivity index (χ2n) is 7.19. The van der Waals surface area contributed by atoms with Crippen LogP contribution in [-0.4, -0.2) is 49.9 Å². The molecule has 0 aliphatic rings. The second kappa shape index (κ2) is 11.4. The molecule has 0 saturated heterocycles. The topological polar surface area (TPSA) is 122 Å². The van der Waals surface area contributed by atoms with Crippen molar-refractivity contribution in [1.29, 1.82) is 0 Å². The van der Waals surface area contributed by atoms with E-state index in [9.17, 15) is 23.1 Å². The number of hydrogen-bond acceptors (Lipinski definition) is 7. The van der Waals surface area contributed by atoms with Gasteiger partial charge in [-0.25, -0.2) is 17.5 Å². The number of benzene rings is 2. The van der Waals surface area contributed by atoms with Gasteiger partial charge in [0.15, 0.2) is 0 Å². The molecule has 2 N–H and O–H groups in total. The summed E-state index contributed by atoms with van der Waals surface area (Å²) in [6.45, 7) is 5.58. The third-order valence-electron chi connectivity index (χ3n) is 4.61. The number of amides is 1. The van der Waals surface area contributed by atoms with Gasteiger partial charge in [0.2, 0.25) is 10.0 Å². The number of phenols is 1. The SMILES string of the molecule is CCCCN(C)S(=O)(=O)c1cc(Oc2c(C)cc(NC(=O)C(=O)OCC)cc2Cl)ccc1O. The molecule has 0 fully saturated rings. The van der Waals surface area contributed by atoms with Gasteiger partial charge in [-0.3, -0.25) is 4.79 Å². The smallest absolute Gasteiger partial charge is 0.397 e. The summed E-state index contributed by atoms with van der Waals surface area (Å²) in [7, 11) is -2.48. The lowest BCUT2D eigenvalue weighted by atomic mass is 10.2. The molecule has 0 atom stereocenters. The standard InChI is InChI=1S/C22H27ClN2O7S/c1-5-7-10-25(4)33(29,30)19-13-16(8-9-18(19)26)32-20-14(3)11-15(12-17(20)23)24-21(27)22(28)31-6-2/h8-9,11-13,26H,5-7,10H2,1-4H3,(H,24,27). The number of hydrogen-bond donors (Lipinski definition) is 2. The van der Waals surface area contributed by atoms with E-state index in [4.69, 9.17) is 16.3 Å². The fourth-order valence-electron chi connectivity index (χ4n) is 2.86. The first-order chi connectivity index (χ1) is 15.5. The van der Waals surface area contributed by atoms with Crippen LogP contribution in [-0.2, 0) is 24.3 Å². The first-order valence-corrected chi connectivity index (χ1v) is 12.1. The van der Waals surface area contributed by atoms with Crippen molar-refractivity contribution in [2.45, 2.75) is 38.5 Å². The molecule has 180 valence electrons. The first kappa shape index (κ1) is 26.4. The summed E-state index contributed by atoms with van der Waals surface area (Å²) in [5.74, 6) is -2.00. The van der Waals surface area contributed by atoms with Crippen molar-refractivity contribution in [3.8, 4) is 17.2 Å². The van der Waals surface area contributed by atoms with Crippen LogP contribution in [0, 0.1) is 6.92 Å². The van der Waals surface area contributed by atoms with E-state index in [0.29, 0.717) is 18.5 Å². The van der Waals surface area contributed by atoms with E-state index in [1.165, 1.54) is 41.7 Å². The van der Waals surface area contributed by atoms with Crippen molar-refractivity contribution >= 4 is 39.2 Å². The van der Waals surface area contributed by atoms with Crippen LogP contribution in [0.25, 0.3) is 0 Å². The minimum atomic E-state index is -3.93. The number of phenolic OH excluding ortho intramolecular Hbond substituents is 1. The number of halogens is 1. The van der Waals surface area contributed by atoms with E-state index in [0.717, 1.165) is 6.42 Å². The normalized spacial score (nSPS) is 11.3. The summed E-state index contributed by atoms with van der Waals surface area (Å²) in [6.07, 6.45) is 1.50. The third kappa shape index (κ3) is 6.59.